The van der Waals surface area contributed by atoms with Crippen molar-refractivity contribution in [2.24, 2.45) is 23.7 Å². The lowest BCUT2D eigenvalue weighted by Gasteiger charge is -2.53. The average Bonchev–Trinajstić information content (AvgIpc) is 3.30. The normalized spacial score (nSPS) is 24.6. The van der Waals surface area contributed by atoms with E-state index in [4.69, 9.17) is 9.84 Å². The first-order valence-corrected chi connectivity index (χ1v) is 19.2. The Morgan fingerprint density at radius 1 is 0.852 bits per heavy atom. The zero-order chi connectivity index (χ0) is 37.8. The molecule has 0 spiro atoms. The Hall–Kier alpha value is -5.16. The van der Waals surface area contributed by atoms with Crippen molar-refractivity contribution in [1.29, 1.82) is 0 Å². The van der Waals surface area contributed by atoms with E-state index in [1.165, 1.54) is 6.42 Å². The van der Waals surface area contributed by atoms with Gasteiger partial charge in [0, 0.05) is 32.1 Å². The van der Waals surface area contributed by atoms with Crippen molar-refractivity contribution < 1.29 is 29.0 Å². The first-order valence-electron chi connectivity index (χ1n) is 19.2. The number of rotatable bonds is 13. The van der Waals surface area contributed by atoms with Crippen LogP contribution in [0.2, 0.25) is 0 Å². The zero-order valence-corrected chi connectivity index (χ0v) is 31.1. The molecular formula is C43H51N5O6. The van der Waals surface area contributed by atoms with Crippen molar-refractivity contribution in [1.82, 2.24) is 21.0 Å². The van der Waals surface area contributed by atoms with Gasteiger partial charge >= 0.3 is 12.1 Å². The van der Waals surface area contributed by atoms with Crippen LogP contribution < -0.4 is 21.0 Å². The topological polar surface area (TPSA) is 140 Å². The van der Waals surface area contributed by atoms with Gasteiger partial charge in [0.15, 0.2) is 0 Å². The second-order valence-electron chi connectivity index (χ2n) is 15.8. The molecule has 3 amide bonds. The minimum Gasteiger partial charge on any atom is -0.481 e. The number of hydrogen-bond donors (Lipinski definition) is 4. The summed E-state index contributed by atoms with van der Waals surface area (Å²) in [7, 11) is 1.96. The Morgan fingerprint density at radius 2 is 1.48 bits per heavy atom. The van der Waals surface area contributed by atoms with E-state index in [9.17, 15) is 19.2 Å². The summed E-state index contributed by atoms with van der Waals surface area (Å²) in [5.74, 6) is 0.225. The minimum absolute atomic E-state index is 0.0141. The molecular weight excluding hydrogens is 683 g/mol. The van der Waals surface area contributed by atoms with E-state index in [1.54, 1.807) is 6.92 Å². The van der Waals surface area contributed by atoms with Crippen LogP contribution >= 0.6 is 0 Å². The van der Waals surface area contributed by atoms with Crippen LogP contribution in [0, 0.1) is 23.7 Å². The first-order chi connectivity index (χ1) is 26.1. The van der Waals surface area contributed by atoms with E-state index in [0.717, 1.165) is 65.5 Å². The quantitative estimate of drug-likeness (QED) is 0.170. The summed E-state index contributed by atoms with van der Waals surface area (Å²) in [6.07, 6.45) is 6.56. The van der Waals surface area contributed by atoms with Gasteiger partial charge in [0.25, 0.3) is 0 Å². The third kappa shape index (κ3) is 8.31. The van der Waals surface area contributed by atoms with Crippen molar-refractivity contribution in [3.8, 4) is 0 Å². The van der Waals surface area contributed by atoms with Gasteiger partial charge in [-0.1, -0.05) is 84.9 Å². The van der Waals surface area contributed by atoms with E-state index < -0.39 is 35.5 Å². The van der Waals surface area contributed by atoms with Crippen LogP contribution in [0.15, 0.2) is 91.0 Å². The van der Waals surface area contributed by atoms with Crippen molar-refractivity contribution >= 4 is 35.1 Å². The number of hydrogen-bond acceptors (Lipinski definition) is 7. The Morgan fingerprint density at radius 3 is 2.15 bits per heavy atom. The highest BCUT2D eigenvalue weighted by Crippen LogP contribution is 2.54. The van der Waals surface area contributed by atoms with Crippen LogP contribution in [0.25, 0.3) is 5.57 Å². The van der Waals surface area contributed by atoms with Crippen molar-refractivity contribution in [2.75, 3.05) is 31.7 Å². The van der Waals surface area contributed by atoms with E-state index in [2.05, 4.69) is 40.2 Å². The molecule has 5 aliphatic rings. The molecule has 284 valence electrons. The van der Waals surface area contributed by atoms with E-state index in [-0.39, 0.29) is 32.0 Å². The molecule has 1 heterocycles. The van der Waals surface area contributed by atoms with Crippen LogP contribution in [-0.4, -0.2) is 72.3 Å². The number of carbonyl (C=O) groups excluding carboxylic acids is 3. The minimum atomic E-state index is -1.47. The predicted octanol–water partition coefficient (Wildman–Crippen LogP) is 5.93. The summed E-state index contributed by atoms with van der Waals surface area (Å²) < 4.78 is 6.26. The van der Waals surface area contributed by atoms with E-state index in [0.29, 0.717) is 18.4 Å². The fourth-order valence-corrected chi connectivity index (χ4v) is 9.42. The second-order valence-corrected chi connectivity index (χ2v) is 15.8. The highest BCUT2D eigenvalue weighted by Gasteiger charge is 2.50. The van der Waals surface area contributed by atoms with Crippen LogP contribution in [0.1, 0.15) is 74.6 Å². The number of alkyl carbamates (subject to hydrolysis) is 1. The number of carboxylic acid groups (broad SMARTS) is 1. The zero-order valence-electron chi connectivity index (χ0n) is 31.1. The lowest BCUT2D eigenvalue weighted by atomic mass is 9.55. The lowest BCUT2D eigenvalue weighted by molar-refractivity contribution is -0.138. The standard InChI is InChI=1S/C43H51N5O6/c1-43(46-42(53)54-40-32-22-28-21-29(24-32)25-33(40)23-28,41(52)44-26-36(31-13-7-4-8-14-31)45-38(49)17-18-39(50)51)27-48-20-19-34(30-11-5-3-6-12-30)35-15-9-10-16-37(35)47(48)2/h3-16,19,28-29,32-33,36,40H,17-18,20-27H2,1-2H3,(H,44,52)(H,45,49)(H,46,53)(H,50,51). The molecule has 2 unspecified atom stereocenters. The van der Waals surface area contributed by atoms with Crippen LogP contribution in [0.3, 0.4) is 0 Å². The van der Waals surface area contributed by atoms with Gasteiger partial charge in [-0.05, 0) is 85.5 Å². The number of carbonyl (C=O) groups is 4. The Balaban J connectivity index is 1.14. The summed E-state index contributed by atoms with van der Waals surface area (Å²) in [5.41, 5.74) is 3.45. The molecule has 54 heavy (non-hydrogen) atoms. The van der Waals surface area contributed by atoms with Gasteiger partial charge in [-0.15, -0.1) is 0 Å². The van der Waals surface area contributed by atoms with Gasteiger partial charge in [-0.3, -0.25) is 14.4 Å². The van der Waals surface area contributed by atoms with Gasteiger partial charge in [-0.25, -0.2) is 9.80 Å². The fraction of sp³-hybridized carbons (Fsp3) is 0.442. The number of ether oxygens (including phenoxy) is 1. The second kappa shape index (κ2) is 16.1. The highest BCUT2D eigenvalue weighted by atomic mass is 16.6. The molecule has 2 atom stereocenters. The summed E-state index contributed by atoms with van der Waals surface area (Å²) in [6, 6.07) is 26.9. The molecule has 11 heteroatoms. The summed E-state index contributed by atoms with van der Waals surface area (Å²) in [4.78, 5) is 52.4. The number of anilines is 1. The molecule has 8 rings (SSSR count). The number of nitrogens with zero attached hydrogens (tertiary/aromatic N) is 2. The first kappa shape index (κ1) is 37.2. The maximum absolute atomic E-state index is 14.5. The average molecular weight is 734 g/mol. The van der Waals surface area contributed by atoms with E-state index in [1.807, 2.05) is 83.8 Å². The third-order valence-electron chi connectivity index (χ3n) is 11.9. The van der Waals surface area contributed by atoms with E-state index >= 15 is 0 Å². The SMILES string of the molecule is CN1c2ccccc2C(c2ccccc2)=CCN1CC(C)(NC(=O)OC1C2CC3CC(C2)CC1C3)C(=O)NCC(NC(=O)CCC(=O)O)c1ccccc1. The lowest BCUT2D eigenvalue weighted by Crippen LogP contribution is -2.65. The van der Waals surface area contributed by atoms with Gasteiger partial charge in [-0.2, -0.15) is 0 Å². The number of nitrogens with one attached hydrogen (secondary N) is 3. The molecule has 3 aromatic rings. The fourth-order valence-electron chi connectivity index (χ4n) is 9.42. The molecule has 11 nitrogen and oxygen atoms in total. The highest BCUT2D eigenvalue weighted by molar-refractivity contribution is 5.91. The summed E-state index contributed by atoms with van der Waals surface area (Å²) in [5, 5.41) is 22.1. The van der Waals surface area contributed by atoms with Crippen molar-refractivity contribution in [3.63, 3.8) is 0 Å². The number of carboxylic acids is 1. The van der Waals surface area contributed by atoms with Crippen LogP contribution in [-0.2, 0) is 19.1 Å². The van der Waals surface area contributed by atoms with Crippen molar-refractivity contribution in [2.45, 2.75) is 69.6 Å². The maximum atomic E-state index is 14.5. The van der Waals surface area contributed by atoms with Gasteiger partial charge in [0.1, 0.15) is 11.6 Å². The number of hydrazine groups is 1. The number of fused-ring (bicyclic) bond motifs is 1. The smallest absolute Gasteiger partial charge is 0.408 e. The Bertz CT molecular complexity index is 1840. The van der Waals surface area contributed by atoms with Crippen LogP contribution in [0.5, 0.6) is 0 Å². The largest absolute Gasteiger partial charge is 0.481 e. The van der Waals surface area contributed by atoms with Gasteiger partial charge in [0.2, 0.25) is 11.8 Å². The summed E-state index contributed by atoms with van der Waals surface area (Å²) in [6.45, 7) is 2.30. The van der Waals surface area contributed by atoms with Crippen molar-refractivity contribution in [3.05, 3.63) is 108 Å². The molecule has 4 saturated carbocycles. The Labute approximate surface area is 317 Å². The molecule has 4 fully saturated rings. The number of para-hydroxylation sites is 1. The number of amides is 3. The molecule has 0 aromatic heterocycles. The monoisotopic (exact) mass is 733 g/mol. The molecule has 4 bridgehead atoms. The summed E-state index contributed by atoms with van der Waals surface area (Å²) >= 11 is 0. The number of benzene rings is 3. The molecule has 4 aliphatic carbocycles. The predicted molar refractivity (Wildman–Crippen MR) is 206 cm³/mol. The molecule has 0 saturated heterocycles. The van der Waals surface area contributed by atoms with Gasteiger partial charge in [0.05, 0.1) is 24.7 Å². The third-order valence-corrected chi connectivity index (χ3v) is 11.9. The number of aliphatic carboxylic acids is 1. The molecule has 1 aliphatic heterocycles. The van der Waals surface area contributed by atoms with Gasteiger partial charge < -0.3 is 30.8 Å². The molecule has 4 N–H and O–H groups in total. The maximum Gasteiger partial charge on any atom is 0.408 e. The molecule has 0 radical (unpaired) electrons. The van der Waals surface area contributed by atoms with Crippen LogP contribution in [0.4, 0.5) is 10.5 Å². The molecule has 3 aromatic carbocycles. The Kier molecular flexibility index (Phi) is 11.1.